The van der Waals surface area contributed by atoms with E-state index >= 15 is 0 Å². The van der Waals surface area contributed by atoms with Gasteiger partial charge in [0.15, 0.2) is 0 Å². The average molecular weight is 238 g/mol. The van der Waals surface area contributed by atoms with Gasteiger partial charge in [-0.3, -0.25) is 0 Å². The van der Waals surface area contributed by atoms with Crippen molar-refractivity contribution < 1.29 is 4.74 Å². The molecule has 1 rings (SSSR count). The Kier molecular flexibility index (Phi) is 5.18. The van der Waals surface area contributed by atoms with Gasteiger partial charge in [0, 0.05) is 12.5 Å². The number of ether oxygens (including phenoxy) is 1. The second kappa shape index (κ2) is 6.42. The highest BCUT2D eigenvalue weighted by Gasteiger charge is 2.06. The zero-order valence-electron chi connectivity index (χ0n) is 9.59. The molecule has 16 heavy (non-hydrogen) atoms. The van der Waals surface area contributed by atoms with Gasteiger partial charge in [-0.25, -0.2) is 0 Å². The van der Waals surface area contributed by atoms with E-state index in [4.69, 9.17) is 22.8 Å². The lowest BCUT2D eigenvalue weighted by Crippen LogP contribution is -2.12. The Labute approximate surface area is 102 Å². The minimum Gasteiger partial charge on any atom is -0.491 e. The van der Waals surface area contributed by atoms with Gasteiger partial charge >= 0.3 is 0 Å². The zero-order valence-corrected chi connectivity index (χ0v) is 10.3. The molecule has 0 fully saturated rings. The van der Waals surface area contributed by atoms with E-state index in [0.717, 1.165) is 5.56 Å². The monoisotopic (exact) mass is 237 g/mol. The first-order chi connectivity index (χ1) is 7.69. The highest BCUT2D eigenvalue weighted by atomic mass is 35.5. The summed E-state index contributed by atoms with van der Waals surface area (Å²) in [6, 6.07) is 6.06. The van der Waals surface area contributed by atoms with Crippen molar-refractivity contribution in [3.63, 3.8) is 0 Å². The number of terminal acetylenes is 1. The second-order valence-electron chi connectivity index (χ2n) is 3.50. The van der Waals surface area contributed by atoms with Crippen LogP contribution in [0.2, 0.25) is 5.02 Å². The van der Waals surface area contributed by atoms with Crippen LogP contribution in [-0.4, -0.2) is 13.7 Å². The molecule has 0 spiro atoms. The maximum absolute atomic E-state index is 6.10. The second-order valence-corrected chi connectivity index (χ2v) is 3.91. The van der Waals surface area contributed by atoms with Crippen molar-refractivity contribution in [2.75, 3.05) is 13.7 Å². The third kappa shape index (κ3) is 3.44. The predicted molar refractivity (Wildman–Crippen MR) is 67.9 cm³/mol. The molecule has 0 saturated carbocycles. The van der Waals surface area contributed by atoms with Crippen LogP contribution >= 0.6 is 11.6 Å². The van der Waals surface area contributed by atoms with Gasteiger partial charge in [-0.05, 0) is 31.7 Å². The minimum absolute atomic E-state index is 0.275. The molecule has 2 nitrogen and oxygen atoms in total. The summed E-state index contributed by atoms with van der Waals surface area (Å²) in [5.74, 6) is 3.20. The highest BCUT2D eigenvalue weighted by Crippen LogP contribution is 2.27. The number of hydrogen-bond acceptors (Lipinski definition) is 2. The van der Waals surface area contributed by atoms with E-state index in [0.29, 0.717) is 23.8 Å². The van der Waals surface area contributed by atoms with Crippen LogP contribution in [0.3, 0.4) is 0 Å². The molecule has 0 bridgehead atoms. The topological polar surface area (TPSA) is 21.3 Å². The molecule has 0 aliphatic carbocycles. The smallest absolute Gasteiger partial charge is 0.137 e. The van der Waals surface area contributed by atoms with E-state index in [2.05, 4.69) is 18.2 Å². The summed E-state index contributed by atoms with van der Waals surface area (Å²) >= 11 is 6.10. The van der Waals surface area contributed by atoms with Crippen LogP contribution in [0.15, 0.2) is 18.2 Å². The van der Waals surface area contributed by atoms with Crippen LogP contribution in [0.5, 0.6) is 5.75 Å². The largest absolute Gasteiger partial charge is 0.491 e. The number of rotatable bonds is 5. The Bertz CT molecular complexity index is 384. The van der Waals surface area contributed by atoms with Gasteiger partial charge < -0.3 is 10.1 Å². The molecule has 1 N–H and O–H groups in total. The molecule has 1 atom stereocenters. The number of halogens is 1. The Morgan fingerprint density at radius 1 is 1.56 bits per heavy atom. The van der Waals surface area contributed by atoms with Gasteiger partial charge in [-0.2, -0.15) is 0 Å². The van der Waals surface area contributed by atoms with E-state index in [9.17, 15) is 0 Å². The molecule has 0 heterocycles. The lowest BCUT2D eigenvalue weighted by molar-refractivity contribution is 0.327. The van der Waals surface area contributed by atoms with Crippen molar-refractivity contribution in [3.8, 4) is 18.1 Å². The maximum Gasteiger partial charge on any atom is 0.137 e. The van der Waals surface area contributed by atoms with Crippen molar-refractivity contribution in [1.82, 2.24) is 5.32 Å². The first kappa shape index (κ1) is 12.9. The Morgan fingerprint density at radius 3 is 2.88 bits per heavy atom. The SMILES string of the molecule is C#CCCOc1ccc(C(C)NC)cc1Cl. The Hall–Kier alpha value is -1.17. The van der Waals surface area contributed by atoms with Gasteiger partial charge in [0.25, 0.3) is 0 Å². The molecule has 0 amide bonds. The molecule has 3 heteroatoms. The summed E-state index contributed by atoms with van der Waals surface area (Å²) < 4.78 is 5.45. The molecule has 0 aromatic heterocycles. The van der Waals surface area contributed by atoms with Crippen LogP contribution in [0.4, 0.5) is 0 Å². The highest BCUT2D eigenvalue weighted by molar-refractivity contribution is 6.32. The molecule has 1 unspecified atom stereocenters. The molecule has 0 aliphatic heterocycles. The Morgan fingerprint density at radius 2 is 2.31 bits per heavy atom. The summed E-state index contributed by atoms with van der Waals surface area (Å²) in [6.07, 6.45) is 5.73. The number of benzene rings is 1. The van der Waals surface area contributed by atoms with Crippen molar-refractivity contribution in [2.24, 2.45) is 0 Å². The van der Waals surface area contributed by atoms with Crippen LogP contribution in [0.1, 0.15) is 24.9 Å². The first-order valence-electron chi connectivity index (χ1n) is 5.22. The van der Waals surface area contributed by atoms with Crippen molar-refractivity contribution in [3.05, 3.63) is 28.8 Å². The van der Waals surface area contributed by atoms with Gasteiger partial charge in [-0.15, -0.1) is 12.3 Å². The predicted octanol–water partition coefficient (Wildman–Crippen LogP) is 3.02. The van der Waals surface area contributed by atoms with Crippen LogP contribution in [0.25, 0.3) is 0 Å². The number of hydrogen-bond donors (Lipinski definition) is 1. The fraction of sp³-hybridized carbons (Fsp3) is 0.385. The third-order valence-electron chi connectivity index (χ3n) is 2.39. The van der Waals surface area contributed by atoms with E-state index in [1.165, 1.54) is 0 Å². The summed E-state index contributed by atoms with van der Waals surface area (Å²) in [5, 5.41) is 3.78. The lowest BCUT2D eigenvalue weighted by Gasteiger charge is -2.13. The zero-order chi connectivity index (χ0) is 12.0. The fourth-order valence-corrected chi connectivity index (χ4v) is 1.53. The van der Waals surface area contributed by atoms with Crippen LogP contribution in [0, 0.1) is 12.3 Å². The molecule has 0 saturated heterocycles. The lowest BCUT2D eigenvalue weighted by atomic mass is 10.1. The number of nitrogens with one attached hydrogen (secondary N) is 1. The molecular weight excluding hydrogens is 222 g/mol. The quantitative estimate of drug-likeness (QED) is 0.628. The maximum atomic E-state index is 6.10. The summed E-state index contributed by atoms with van der Waals surface area (Å²) in [4.78, 5) is 0. The van der Waals surface area contributed by atoms with Gasteiger partial charge in [0.1, 0.15) is 5.75 Å². The van der Waals surface area contributed by atoms with Crippen molar-refractivity contribution in [2.45, 2.75) is 19.4 Å². The van der Waals surface area contributed by atoms with Gasteiger partial charge in [0.05, 0.1) is 11.6 Å². The van der Waals surface area contributed by atoms with Crippen molar-refractivity contribution in [1.29, 1.82) is 0 Å². The summed E-state index contributed by atoms with van der Waals surface area (Å²) in [6.45, 7) is 2.57. The van der Waals surface area contributed by atoms with E-state index in [1.54, 1.807) is 0 Å². The first-order valence-corrected chi connectivity index (χ1v) is 5.59. The van der Waals surface area contributed by atoms with Crippen LogP contribution < -0.4 is 10.1 Å². The molecule has 86 valence electrons. The standard InChI is InChI=1S/C13H16ClNO/c1-4-5-8-16-13-7-6-11(9-12(13)14)10(2)15-3/h1,6-7,9-10,15H,5,8H2,2-3H3. The van der Waals surface area contributed by atoms with E-state index in [1.807, 2.05) is 25.2 Å². The van der Waals surface area contributed by atoms with Crippen LogP contribution in [-0.2, 0) is 0 Å². The molecular formula is C13H16ClNO. The fourth-order valence-electron chi connectivity index (χ4n) is 1.29. The van der Waals surface area contributed by atoms with E-state index in [-0.39, 0.29) is 6.04 Å². The Balaban J connectivity index is 2.72. The summed E-state index contributed by atoms with van der Waals surface area (Å²) in [5.41, 5.74) is 1.14. The average Bonchev–Trinajstić information content (AvgIpc) is 2.30. The van der Waals surface area contributed by atoms with E-state index < -0.39 is 0 Å². The molecule has 1 aromatic carbocycles. The molecule has 1 aromatic rings. The minimum atomic E-state index is 0.275. The molecule has 0 aliphatic rings. The van der Waals surface area contributed by atoms with Gasteiger partial charge in [-0.1, -0.05) is 17.7 Å². The normalized spacial score (nSPS) is 11.9. The molecule has 0 radical (unpaired) electrons. The van der Waals surface area contributed by atoms with Gasteiger partial charge in [0.2, 0.25) is 0 Å². The third-order valence-corrected chi connectivity index (χ3v) is 2.69. The summed E-state index contributed by atoms with van der Waals surface area (Å²) in [7, 11) is 1.91. The van der Waals surface area contributed by atoms with Crippen molar-refractivity contribution >= 4 is 11.6 Å².